The van der Waals surface area contributed by atoms with E-state index in [1.54, 1.807) is 46.4 Å². The molecule has 0 radical (unpaired) electrons. The Morgan fingerprint density at radius 1 is 0.544 bits per heavy atom. The van der Waals surface area contributed by atoms with E-state index in [-0.39, 0.29) is 47.3 Å². The number of ether oxygens (including phenoxy) is 3. The molecule has 3 saturated carbocycles. The molecule has 0 aromatic heterocycles. The molecule has 11 atom stereocenters. The zero-order valence-corrected chi connectivity index (χ0v) is 35.5. The van der Waals surface area contributed by atoms with Gasteiger partial charge >= 0.3 is 24.2 Å². The van der Waals surface area contributed by atoms with Gasteiger partial charge in [-0.25, -0.2) is 19.2 Å². The quantitative estimate of drug-likeness (QED) is 0.325. The second-order valence-corrected chi connectivity index (χ2v) is 19.5. The Bertz CT molecular complexity index is 1490. The van der Waals surface area contributed by atoms with Gasteiger partial charge in [-0.2, -0.15) is 0 Å². The molecule has 0 aromatic carbocycles. The second kappa shape index (κ2) is 17.2. The van der Waals surface area contributed by atoms with Gasteiger partial charge in [0, 0.05) is 42.3 Å². The summed E-state index contributed by atoms with van der Waals surface area (Å²) in [5, 5.41) is 29.3. The lowest BCUT2D eigenvalue weighted by molar-refractivity contribution is -0.159. The van der Waals surface area contributed by atoms with Crippen LogP contribution in [0, 0.1) is 17.8 Å². The maximum absolute atomic E-state index is 12.3. The SMILES string of the molecule is CC(=O)[C@@H]1[C@@H]2CC[C@@H](CC2=O)N1C(=O)OC(C)(C)C.CC(=O)[C@@H]1[C@@H]2CC[C@@H](C[C@H]2O)N1C(=O)OC(C)(C)C.CC(C)(C)OC(=O)N1[C@H]2CC[C@H]([C@H](O)C2)[C@H]1C(=O)O. The molecule has 9 aliphatic rings. The molecule has 322 valence electrons. The van der Waals surface area contributed by atoms with E-state index in [4.69, 9.17) is 14.2 Å². The Labute approximate surface area is 335 Å². The van der Waals surface area contributed by atoms with Crippen molar-refractivity contribution in [2.75, 3.05) is 0 Å². The topological polar surface area (TPSA) is 218 Å². The number of nitrogens with zero attached hydrogens (tertiary/aromatic N) is 3. The van der Waals surface area contributed by atoms with Crippen molar-refractivity contribution in [3.05, 3.63) is 0 Å². The van der Waals surface area contributed by atoms with E-state index in [1.165, 1.54) is 23.6 Å². The molecule has 6 bridgehead atoms. The van der Waals surface area contributed by atoms with E-state index in [2.05, 4.69) is 0 Å². The predicted octanol–water partition coefficient (Wildman–Crippen LogP) is 4.88. The monoisotopic (exact) mass is 807 g/mol. The van der Waals surface area contributed by atoms with Crippen molar-refractivity contribution in [3.63, 3.8) is 0 Å². The van der Waals surface area contributed by atoms with E-state index in [9.17, 15) is 48.9 Å². The van der Waals surface area contributed by atoms with Gasteiger partial charge < -0.3 is 29.5 Å². The summed E-state index contributed by atoms with van der Waals surface area (Å²) in [7, 11) is 0. The highest BCUT2D eigenvalue weighted by molar-refractivity contribution is 5.96. The largest absolute Gasteiger partial charge is 0.480 e. The summed E-state index contributed by atoms with van der Waals surface area (Å²) in [6, 6.07) is -2.63. The van der Waals surface area contributed by atoms with E-state index in [1.807, 2.05) is 20.8 Å². The molecule has 6 saturated heterocycles. The van der Waals surface area contributed by atoms with Crippen molar-refractivity contribution < 1.29 is 63.1 Å². The number of hydrogen-bond donors (Lipinski definition) is 3. The normalized spacial score (nSPS) is 33.0. The van der Waals surface area contributed by atoms with E-state index < -0.39 is 77.3 Å². The maximum atomic E-state index is 12.3. The molecular formula is C41H65N3O13. The van der Waals surface area contributed by atoms with Crippen LogP contribution in [0.25, 0.3) is 0 Å². The van der Waals surface area contributed by atoms with Crippen LogP contribution in [0.1, 0.15) is 134 Å². The molecule has 6 aliphatic heterocycles. The number of carbonyl (C=O) groups excluding carboxylic acids is 6. The van der Waals surface area contributed by atoms with Crippen LogP contribution in [0.5, 0.6) is 0 Å². The summed E-state index contributed by atoms with van der Waals surface area (Å²) < 4.78 is 16.1. The van der Waals surface area contributed by atoms with Crippen molar-refractivity contribution in [3.8, 4) is 0 Å². The summed E-state index contributed by atoms with van der Waals surface area (Å²) in [6.07, 6.45) is 3.20. The molecule has 6 heterocycles. The fourth-order valence-corrected chi connectivity index (χ4v) is 9.43. The first-order valence-electron chi connectivity index (χ1n) is 20.3. The molecule has 0 spiro atoms. The second-order valence-electron chi connectivity index (χ2n) is 19.5. The molecule has 9 fully saturated rings. The van der Waals surface area contributed by atoms with Crippen molar-refractivity contribution in [1.82, 2.24) is 14.7 Å². The lowest BCUT2D eigenvalue weighted by Gasteiger charge is -2.52. The number of fused-ring (bicyclic) bond motifs is 9. The van der Waals surface area contributed by atoms with Gasteiger partial charge in [-0.15, -0.1) is 0 Å². The molecule has 9 rings (SSSR count). The minimum atomic E-state index is -1.07. The molecular weight excluding hydrogens is 742 g/mol. The van der Waals surface area contributed by atoms with Crippen molar-refractivity contribution >= 4 is 41.6 Å². The van der Waals surface area contributed by atoms with Gasteiger partial charge in [0.05, 0.1) is 18.2 Å². The van der Waals surface area contributed by atoms with Crippen LogP contribution in [0.3, 0.4) is 0 Å². The number of carboxylic acid groups (broad SMARTS) is 1. The highest BCUT2D eigenvalue weighted by atomic mass is 16.6. The lowest BCUT2D eigenvalue weighted by atomic mass is 9.72. The number of aliphatic hydroxyl groups excluding tert-OH is 2. The Morgan fingerprint density at radius 2 is 0.895 bits per heavy atom. The molecule has 3 amide bonds. The number of Topliss-reactive ketones (excluding diaryl/α,β-unsaturated/α-hetero) is 3. The van der Waals surface area contributed by atoms with E-state index in [0.29, 0.717) is 32.1 Å². The third kappa shape index (κ3) is 10.8. The van der Waals surface area contributed by atoms with Crippen molar-refractivity contribution in [1.29, 1.82) is 0 Å². The van der Waals surface area contributed by atoms with Gasteiger partial charge in [0.25, 0.3) is 0 Å². The predicted molar refractivity (Wildman–Crippen MR) is 205 cm³/mol. The molecule has 0 aromatic rings. The first kappa shape index (κ1) is 45.9. The first-order valence-corrected chi connectivity index (χ1v) is 20.3. The molecule has 3 aliphatic carbocycles. The Kier molecular flexibility index (Phi) is 13.9. The Balaban J connectivity index is 0.000000189. The van der Waals surface area contributed by atoms with Gasteiger partial charge in [-0.1, -0.05) is 0 Å². The number of carbonyl (C=O) groups is 7. The summed E-state index contributed by atoms with van der Waals surface area (Å²) in [5.74, 6) is -2.04. The summed E-state index contributed by atoms with van der Waals surface area (Å²) >= 11 is 0. The van der Waals surface area contributed by atoms with Gasteiger partial charge in [-0.05, 0) is 128 Å². The van der Waals surface area contributed by atoms with Crippen LogP contribution < -0.4 is 0 Å². The Hall–Kier alpha value is -3.79. The van der Waals surface area contributed by atoms with Crippen LogP contribution in [-0.2, 0) is 33.4 Å². The summed E-state index contributed by atoms with van der Waals surface area (Å²) in [5.41, 5.74) is -1.83. The van der Waals surface area contributed by atoms with Gasteiger partial charge in [0.2, 0.25) is 0 Å². The minimum absolute atomic E-state index is 0.0701. The zero-order valence-electron chi connectivity index (χ0n) is 35.5. The minimum Gasteiger partial charge on any atom is -0.480 e. The third-order valence-corrected chi connectivity index (χ3v) is 11.5. The molecule has 3 N–H and O–H groups in total. The fourth-order valence-electron chi connectivity index (χ4n) is 9.43. The van der Waals surface area contributed by atoms with Crippen LogP contribution in [0.2, 0.25) is 0 Å². The number of amides is 3. The highest BCUT2D eigenvalue weighted by Gasteiger charge is 2.54. The average Bonchev–Trinajstić information content (AvgIpc) is 3.05. The fraction of sp³-hybridized carbons (Fsp3) is 0.829. The molecule has 57 heavy (non-hydrogen) atoms. The number of aliphatic hydroxyl groups is 2. The summed E-state index contributed by atoms with van der Waals surface area (Å²) in [6.45, 7) is 19.0. The summed E-state index contributed by atoms with van der Waals surface area (Å²) in [4.78, 5) is 88.1. The number of hydrogen-bond acceptors (Lipinski definition) is 12. The van der Waals surface area contributed by atoms with Gasteiger partial charge in [0.1, 0.15) is 34.7 Å². The number of ketones is 3. The number of carboxylic acids is 1. The number of aliphatic carboxylic acids is 1. The molecule has 16 heteroatoms. The standard InChI is InChI=1S/C14H23NO4.C14H21NO4.C13H21NO5/c2*1-8(16)12-10-6-5-9(7-11(10)17)15(12)13(18)19-14(2,3)4;1-13(2,3)19-12(18)14-7-4-5-8(9(15)6-7)10(14)11(16)17/h9-12,17H,5-7H2,1-4H3;9-10,12H,5-7H2,1-4H3;7-10,15H,4-6H2,1-3H3,(H,16,17)/t9-,10+,11+,12+;9-,10+,12+;7-,8+,9+,10-/m000/s1. The third-order valence-electron chi connectivity index (χ3n) is 11.5. The molecule has 16 nitrogen and oxygen atoms in total. The first-order chi connectivity index (χ1) is 26.1. The lowest BCUT2D eigenvalue weighted by Crippen LogP contribution is -2.65. The van der Waals surface area contributed by atoms with E-state index in [0.717, 1.165) is 25.7 Å². The van der Waals surface area contributed by atoms with Crippen molar-refractivity contribution in [2.24, 2.45) is 17.8 Å². The zero-order chi connectivity index (χ0) is 43.1. The van der Waals surface area contributed by atoms with Crippen LogP contribution >= 0.6 is 0 Å². The molecule has 0 unspecified atom stereocenters. The van der Waals surface area contributed by atoms with Crippen LogP contribution in [0.15, 0.2) is 0 Å². The van der Waals surface area contributed by atoms with Crippen LogP contribution in [0.4, 0.5) is 14.4 Å². The van der Waals surface area contributed by atoms with Crippen molar-refractivity contribution in [2.45, 2.75) is 199 Å². The number of piperidine rings is 6. The smallest absolute Gasteiger partial charge is 0.411 e. The maximum Gasteiger partial charge on any atom is 0.411 e. The highest BCUT2D eigenvalue weighted by Crippen LogP contribution is 2.43. The Morgan fingerprint density at radius 3 is 1.23 bits per heavy atom. The van der Waals surface area contributed by atoms with Gasteiger partial charge in [0.15, 0.2) is 11.6 Å². The van der Waals surface area contributed by atoms with Gasteiger partial charge in [-0.3, -0.25) is 29.1 Å². The number of rotatable bonds is 3. The van der Waals surface area contributed by atoms with Crippen LogP contribution in [-0.4, -0.2) is 137 Å². The van der Waals surface area contributed by atoms with E-state index >= 15 is 0 Å². The average molecular weight is 808 g/mol.